The van der Waals surface area contributed by atoms with Crippen LogP contribution in [0, 0.1) is 0 Å². The van der Waals surface area contributed by atoms with E-state index >= 15 is 0 Å². The second kappa shape index (κ2) is 11.9. The van der Waals surface area contributed by atoms with E-state index in [-0.39, 0.29) is 11.4 Å². The number of sulfonamides is 1. The van der Waals surface area contributed by atoms with E-state index in [9.17, 15) is 8.42 Å². The first-order valence-electron chi connectivity index (χ1n) is 12.2. The van der Waals surface area contributed by atoms with Crippen LogP contribution < -0.4 is 19.5 Å². The van der Waals surface area contributed by atoms with Gasteiger partial charge in [-0.15, -0.1) is 0 Å². The molecular weight excluding hydrogens is 474 g/mol. The van der Waals surface area contributed by atoms with Crippen molar-refractivity contribution >= 4 is 10.0 Å². The van der Waals surface area contributed by atoms with Crippen molar-refractivity contribution in [1.82, 2.24) is 14.9 Å². The summed E-state index contributed by atoms with van der Waals surface area (Å²) in [6.45, 7) is 3.14. The molecule has 1 saturated heterocycles. The van der Waals surface area contributed by atoms with Crippen molar-refractivity contribution < 1.29 is 17.9 Å². The number of likely N-dealkylation sites (tertiary alicyclic amines) is 1. The molecule has 0 amide bonds. The Morgan fingerprint density at radius 1 is 0.861 bits per heavy atom. The van der Waals surface area contributed by atoms with Crippen LogP contribution in [0.4, 0.5) is 0 Å². The van der Waals surface area contributed by atoms with E-state index in [2.05, 4.69) is 28.1 Å². The maximum Gasteiger partial charge on any atom is 0.244 e. The molecule has 0 saturated carbocycles. The third kappa shape index (κ3) is 6.44. The van der Waals surface area contributed by atoms with E-state index in [1.807, 2.05) is 48.5 Å². The Labute approximate surface area is 214 Å². The summed E-state index contributed by atoms with van der Waals surface area (Å²) in [5, 5.41) is 3.67. The third-order valence-corrected chi connectivity index (χ3v) is 8.07. The molecule has 0 aliphatic carbocycles. The Bertz CT molecular complexity index is 1260. The van der Waals surface area contributed by atoms with Gasteiger partial charge in [0, 0.05) is 24.7 Å². The number of nitrogens with one attached hydrogen (secondary N) is 2. The summed E-state index contributed by atoms with van der Waals surface area (Å²) in [7, 11) is 1.43. The van der Waals surface area contributed by atoms with Crippen LogP contribution in [-0.2, 0) is 23.1 Å². The van der Waals surface area contributed by atoms with Crippen molar-refractivity contribution in [3.8, 4) is 22.6 Å². The molecule has 1 aliphatic rings. The molecule has 1 heterocycles. The van der Waals surface area contributed by atoms with Crippen molar-refractivity contribution in [2.24, 2.45) is 0 Å². The fourth-order valence-corrected chi connectivity index (χ4v) is 5.68. The standard InChI is InChI=1S/C28H35N3O4S/c1-31-15-13-24(14-16-31)29-19-22-9-11-26(34-2)25(17-22)23-10-12-27(35-3)28(18-23)36(32,33)30-20-21-7-5-4-6-8-21/h4-12,17-18,24,29-30H,13-16,19-20H2,1-3H3. The highest BCUT2D eigenvalue weighted by Crippen LogP contribution is 2.35. The maximum atomic E-state index is 13.3. The molecule has 8 heteroatoms. The third-order valence-electron chi connectivity index (χ3n) is 6.65. The predicted octanol–water partition coefficient (Wildman–Crippen LogP) is 4.03. The Morgan fingerprint density at radius 3 is 2.25 bits per heavy atom. The fourth-order valence-electron chi connectivity index (χ4n) is 4.47. The molecule has 192 valence electrons. The lowest BCUT2D eigenvalue weighted by Crippen LogP contribution is -2.40. The largest absolute Gasteiger partial charge is 0.496 e. The van der Waals surface area contributed by atoms with Crippen molar-refractivity contribution in [2.75, 3.05) is 34.4 Å². The number of ether oxygens (including phenoxy) is 2. The summed E-state index contributed by atoms with van der Waals surface area (Å²) < 4.78 is 40.2. The Hall–Kier alpha value is -2.91. The summed E-state index contributed by atoms with van der Waals surface area (Å²) in [4.78, 5) is 2.45. The van der Waals surface area contributed by atoms with E-state index in [1.54, 1.807) is 19.2 Å². The molecule has 0 bridgehead atoms. The van der Waals surface area contributed by atoms with E-state index < -0.39 is 10.0 Å². The lowest BCUT2D eigenvalue weighted by atomic mass is 10.0. The quantitative estimate of drug-likeness (QED) is 0.430. The van der Waals surface area contributed by atoms with Gasteiger partial charge in [0.2, 0.25) is 10.0 Å². The minimum absolute atomic E-state index is 0.0929. The highest BCUT2D eigenvalue weighted by atomic mass is 32.2. The minimum atomic E-state index is -3.82. The molecule has 1 fully saturated rings. The van der Waals surface area contributed by atoms with Gasteiger partial charge in [-0.3, -0.25) is 0 Å². The number of rotatable bonds is 10. The zero-order chi connectivity index (χ0) is 25.5. The number of benzene rings is 3. The van der Waals surface area contributed by atoms with E-state index in [1.165, 1.54) is 7.11 Å². The Kier molecular flexibility index (Phi) is 8.64. The molecule has 0 unspecified atom stereocenters. The van der Waals surface area contributed by atoms with Gasteiger partial charge in [0.25, 0.3) is 0 Å². The predicted molar refractivity (Wildman–Crippen MR) is 143 cm³/mol. The van der Waals surface area contributed by atoms with Crippen molar-refractivity contribution in [1.29, 1.82) is 0 Å². The molecule has 4 rings (SSSR count). The second-order valence-electron chi connectivity index (χ2n) is 9.17. The van der Waals surface area contributed by atoms with Gasteiger partial charge in [0.05, 0.1) is 14.2 Å². The molecule has 0 atom stereocenters. The lowest BCUT2D eigenvalue weighted by molar-refractivity contribution is 0.234. The zero-order valence-corrected chi connectivity index (χ0v) is 22.0. The molecule has 36 heavy (non-hydrogen) atoms. The Morgan fingerprint density at radius 2 is 1.56 bits per heavy atom. The van der Waals surface area contributed by atoms with Crippen molar-refractivity contribution in [2.45, 2.75) is 36.9 Å². The molecule has 1 aliphatic heterocycles. The van der Waals surface area contributed by atoms with Crippen molar-refractivity contribution in [3.05, 3.63) is 77.9 Å². The molecular formula is C28H35N3O4S. The molecule has 2 N–H and O–H groups in total. The summed E-state index contributed by atoms with van der Waals surface area (Å²) in [5.74, 6) is 0.974. The average Bonchev–Trinajstić information content (AvgIpc) is 2.91. The van der Waals surface area contributed by atoms with Crippen LogP contribution in [0.3, 0.4) is 0 Å². The number of hydrogen-bond acceptors (Lipinski definition) is 6. The van der Waals surface area contributed by atoms with Gasteiger partial charge in [-0.2, -0.15) is 0 Å². The first-order valence-corrected chi connectivity index (χ1v) is 13.7. The van der Waals surface area contributed by atoms with Crippen molar-refractivity contribution in [3.63, 3.8) is 0 Å². The zero-order valence-electron chi connectivity index (χ0n) is 21.2. The summed E-state index contributed by atoms with van der Waals surface area (Å²) in [5.41, 5.74) is 3.58. The Balaban J connectivity index is 1.58. The number of nitrogens with zero attached hydrogens (tertiary/aromatic N) is 1. The van der Waals surface area contributed by atoms with Crippen LogP contribution in [0.1, 0.15) is 24.0 Å². The first-order chi connectivity index (χ1) is 17.4. The van der Waals surface area contributed by atoms with Gasteiger partial charge in [0.1, 0.15) is 16.4 Å². The van der Waals surface area contributed by atoms with Gasteiger partial charge >= 0.3 is 0 Å². The topological polar surface area (TPSA) is 79.9 Å². The van der Waals surface area contributed by atoms with Gasteiger partial charge in [0.15, 0.2) is 0 Å². The second-order valence-corrected chi connectivity index (χ2v) is 10.9. The molecule has 3 aromatic carbocycles. The molecule has 0 radical (unpaired) electrons. The van der Waals surface area contributed by atoms with Gasteiger partial charge in [-0.25, -0.2) is 13.1 Å². The molecule has 7 nitrogen and oxygen atoms in total. The van der Waals surface area contributed by atoms with Gasteiger partial charge in [-0.05, 0) is 73.9 Å². The number of methoxy groups -OCH3 is 2. The normalized spacial score (nSPS) is 15.1. The highest BCUT2D eigenvalue weighted by Gasteiger charge is 2.22. The summed E-state index contributed by atoms with van der Waals surface area (Å²) in [6.07, 6.45) is 2.27. The number of piperidine rings is 1. The van der Waals surface area contributed by atoms with Crippen LogP contribution >= 0.6 is 0 Å². The monoisotopic (exact) mass is 509 g/mol. The molecule has 0 spiro atoms. The minimum Gasteiger partial charge on any atom is -0.496 e. The van der Waals surface area contributed by atoms with Crippen LogP contribution in [0.15, 0.2) is 71.6 Å². The fraction of sp³-hybridized carbons (Fsp3) is 0.357. The smallest absolute Gasteiger partial charge is 0.244 e. The van der Waals surface area contributed by atoms with E-state index in [4.69, 9.17) is 9.47 Å². The van der Waals surface area contributed by atoms with Crippen LogP contribution in [0.25, 0.3) is 11.1 Å². The maximum absolute atomic E-state index is 13.3. The van der Waals surface area contributed by atoms with E-state index in [0.29, 0.717) is 17.5 Å². The SMILES string of the molecule is COc1ccc(CNC2CCN(C)CC2)cc1-c1ccc(OC)c(S(=O)(=O)NCc2ccccc2)c1. The van der Waals surface area contributed by atoms with Gasteiger partial charge < -0.3 is 19.7 Å². The number of hydrogen-bond donors (Lipinski definition) is 2. The average molecular weight is 510 g/mol. The van der Waals surface area contributed by atoms with E-state index in [0.717, 1.165) is 54.7 Å². The van der Waals surface area contributed by atoms with Crippen LogP contribution in [-0.4, -0.2) is 53.7 Å². The summed E-state index contributed by atoms with van der Waals surface area (Å²) >= 11 is 0. The lowest BCUT2D eigenvalue weighted by Gasteiger charge is -2.29. The molecule has 0 aromatic heterocycles. The highest BCUT2D eigenvalue weighted by molar-refractivity contribution is 7.89. The first kappa shape index (κ1) is 26.2. The molecule has 3 aromatic rings. The van der Waals surface area contributed by atoms with Crippen LogP contribution in [0.2, 0.25) is 0 Å². The summed E-state index contributed by atoms with van der Waals surface area (Å²) in [6, 6.07) is 21.2. The van der Waals surface area contributed by atoms with Gasteiger partial charge in [-0.1, -0.05) is 42.5 Å². The van der Waals surface area contributed by atoms with Crippen LogP contribution in [0.5, 0.6) is 11.5 Å².